The molecule has 5 heteroatoms. The maximum Gasteiger partial charge on any atom is 0.241 e. The monoisotopic (exact) mass is 273 g/mol. The molecular formula is C15H19N3O2. The van der Waals surface area contributed by atoms with E-state index in [1.165, 1.54) is 6.39 Å². The fourth-order valence-corrected chi connectivity index (χ4v) is 1.93. The van der Waals surface area contributed by atoms with Gasteiger partial charge in [0.05, 0.1) is 12.2 Å². The zero-order valence-corrected chi connectivity index (χ0v) is 11.7. The van der Waals surface area contributed by atoms with Crippen LogP contribution in [0.25, 0.3) is 11.3 Å². The molecule has 2 rings (SSSR count). The van der Waals surface area contributed by atoms with Crippen molar-refractivity contribution in [2.75, 3.05) is 5.32 Å². The first kappa shape index (κ1) is 14.3. The van der Waals surface area contributed by atoms with Gasteiger partial charge < -0.3 is 15.5 Å². The third kappa shape index (κ3) is 3.68. The first-order valence-corrected chi connectivity index (χ1v) is 6.61. The van der Waals surface area contributed by atoms with E-state index in [4.69, 9.17) is 10.2 Å². The van der Waals surface area contributed by atoms with Crippen molar-refractivity contribution in [3.05, 3.63) is 36.9 Å². The Morgan fingerprint density at radius 3 is 2.60 bits per heavy atom. The Kier molecular flexibility index (Phi) is 4.53. The molecule has 2 aromatic rings. The topological polar surface area (TPSA) is 81.2 Å². The number of hydrogen-bond acceptors (Lipinski definition) is 4. The van der Waals surface area contributed by atoms with E-state index >= 15 is 0 Å². The third-order valence-corrected chi connectivity index (χ3v) is 2.93. The molecule has 0 aliphatic heterocycles. The first-order valence-electron chi connectivity index (χ1n) is 6.61. The number of benzene rings is 1. The molecule has 0 aliphatic rings. The molecule has 5 nitrogen and oxygen atoms in total. The molecule has 0 bridgehead atoms. The molecule has 1 aromatic carbocycles. The lowest BCUT2D eigenvalue weighted by atomic mass is 10.0. The molecule has 3 N–H and O–H groups in total. The number of nitrogens with two attached hydrogens (primary N) is 1. The Bertz CT molecular complexity index is 547. The number of carbonyl (C=O) groups is 1. The van der Waals surface area contributed by atoms with Crippen molar-refractivity contribution in [2.45, 2.75) is 26.3 Å². The van der Waals surface area contributed by atoms with Crippen molar-refractivity contribution in [3.63, 3.8) is 0 Å². The zero-order valence-electron chi connectivity index (χ0n) is 11.7. The van der Waals surface area contributed by atoms with Gasteiger partial charge in [-0.1, -0.05) is 13.8 Å². The number of oxazole rings is 1. The molecule has 0 radical (unpaired) electrons. The molecule has 1 heterocycles. The molecule has 0 saturated heterocycles. The molecule has 0 aliphatic carbocycles. The number of nitrogens with zero attached hydrogens (tertiary/aromatic N) is 1. The molecule has 1 atom stereocenters. The lowest BCUT2D eigenvalue weighted by Crippen LogP contribution is -2.36. The van der Waals surface area contributed by atoms with Gasteiger partial charge in [-0.3, -0.25) is 4.79 Å². The summed E-state index contributed by atoms with van der Waals surface area (Å²) in [6, 6.07) is 6.88. The van der Waals surface area contributed by atoms with Crippen molar-refractivity contribution in [3.8, 4) is 11.3 Å². The van der Waals surface area contributed by atoms with E-state index in [1.54, 1.807) is 6.20 Å². The second kappa shape index (κ2) is 6.34. The molecule has 1 amide bonds. The number of aromatic nitrogens is 1. The van der Waals surface area contributed by atoms with Crippen LogP contribution in [0.3, 0.4) is 0 Å². The number of hydrogen-bond donors (Lipinski definition) is 2. The second-order valence-corrected chi connectivity index (χ2v) is 5.17. The zero-order chi connectivity index (χ0) is 14.5. The maximum absolute atomic E-state index is 11.9. The van der Waals surface area contributed by atoms with Crippen LogP contribution in [0.2, 0.25) is 0 Å². The predicted molar refractivity (Wildman–Crippen MR) is 78.0 cm³/mol. The average Bonchev–Trinajstić information content (AvgIpc) is 2.92. The minimum absolute atomic E-state index is 0.161. The summed E-state index contributed by atoms with van der Waals surface area (Å²) in [4.78, 5) is 15.8. The standard InChI is InChI=1S/C15H19N3O2/c1-10(2)7-13(16)15(19)18-12-5-3-11(4-6-12)14-8-17-9-20-14/h3-6,8-10,13H,7,16H2,1-2H3,(H,18,19). The van der Waals surface area contributed by atoms with Crippen LogP contribution >= 0.6 is 0 Å². The summed E-state index contributed by atoms with van der Waals surface area (Å²) in [5.74, 6) is 0.926. The highest BCUT2D eigenvalue weighted by atomic mass is 16.3. The minimum Gasteiger partial charge on any atom is -0.444 e. The van der Waals surface area contributed by atoms with Gasteiger partial charge in [-0.25, -0.2) is 4.98 Å². The van der Waals surface area contributed by atoms with Crippen LogP contribution in [0.1, 0.15) is 20.3 Å². The number of nitrogens with one attached hydrogen (secondary N) is 1. The SMILES string of the molecule is CC(C)CC(N)C(=O)Nc1ccc(-c2cnco2)cc1. The van der Waals surface area contributed by atoms with E-state index < -0.39 is 6.04 Å². The van der Waals surface area contributed by atoms with Crippen LogP contribution in [0, 0.1) is 5.92 Å². The molecule has 20 heavy (non-hydrogen) atoms. The van der Waals surface area contributed by atoms with E-state index in [0.717, 1.165) is 11.3 Å². The van der Waals surface area contributed by atoms with Gasteiger partial charge in [0.2, 0.25) is 5.91 Å². The molecule has 1 aromatic heterocycles. The van der Waals surface area contributed by atoms with Crippen molar-refractivity contribution < 1.29 is 9.21 Å². The van der Waals surface area contributed by atoms with Gasteiger partial charge in [0.25, 0.3) is 0 Å². The highest BCUT2D eigenvalue weighted by molar-refractivity contribution is 5.94. The molecule has 0 fully saturated rings. The highest BCUT2D eigenvalue weighted by Crippen LogP contribution is 2.20. The average molecular weight is 273 g/mol. The van der Waals surface area contributed by atoms with Crippen molar-refractivity contribution in [1.82, 2.24) is 4.98 Å². The summed E-state index contributed by atoms with van der Waals surface area (Å²) in [6.45, 7) is 4.08. The summed E-state index contributed by atoms with van der Waals surface area (Å²) < 4.78 is 5.20. The quantitative estimate of drug-likeness (QED) is 0.877. The minimum atomic E-state index is -0.482. The molecule has 0 saturated carbocycles. The van der Waals surface area contributed by atoms with Gasteiger partial charge >= 0.3 is 0 Å². The smallest absolute Gasteiger partial charge is 0.241 e. The van der Waals surface area contributed by atoms with Crippen LogP contribution < -0.4 is 11.1 Å². The largest absolute Gasteiger partial charge is 0.444 e. The van der Waals surface area contributed by atoms with Gasteiger partial charge in [-0.05, 0) is 36.6 Å². The van der Waals surface area contributed by atoms with Crippen LogP contribution in [0.15, 0.2) is 41.3 Å². The lowest BCUT2D eigenvalue weighted by molar-refractivity contribution is -0.117. The van der Waals surface area contributed by atoms with E-state index in [0.29, 0.717) is 18.1 Å². The van der Waals surface area contributed by atoms with Crippen molar-refractivity contribution in [1.29, 1.82) is 0 Å². The Labute approximate surface area is 118 Å². The van der Waals surface area contributed by atoms with Crippen molar-refractivity contribution in [2.24, 2.45) is 11.7 Å². The van der Waals surface area contributed by atoms with E-state index in [9.17, 15) is 4.79 Å². The van der Waals surface area contributed by atoms with Crippen LogP contribution in [0.4, 0.5) is 5.69 Å². The first-order chi connectivity index (χ1) is 9.56. The van der Waals surface area contributed by atoms with Gasteiger partial charge in [0, 0.05) is 11.3 Å². The summed E-state index contributed by atoms with van der Waals surface area (Å²) in [5, 5.41) is 2.81. The van der Waals surface area contributed by atoms with Crippen molar-refractivity contribution >= 4 is 11.6 Å². The number of carbonyl (C=O) groups excluding carboxylic acids is 1. The fraction of sp³-hybridized carbons (Fsp3) is 0.333. The fourth-order valence-electron chi connectivity index (χ4n) is 1.93. The number of anilines is 1. The van der Waals surface area contributed by atoms with Gasteiger partial charge in [-0.15, -0.1) is 0 Å². The molecule has 1 unspecified atom stereocenters. The summed E-state index contributed by atoms with van der Waals surface area (Å²) >= 11 is 0. The second-order valence-electron chi connectivity index (χ2n) is 5.17. The Hall–Kier alpha value is -2.14. The van der Waals surface area contributed by atoms with Crippen LogP contribution in [-0.2, 0) is 4.79 Å². The normalized spacial score (nSPS) is 12.4. The van der Waals surface area contributed by atoms with Gasteiger partial charge in [-0.2, -0.15) is 0 Å². The maximum atomic E-state index is 11.9. The van der Waals surface area contributed by atoms with Gasteiger partial charge in [0.1, 0.15) is 0 Å². The lowest BCUT2D eigenvalue weighted by Gasteiger charge is -2.14. The summed E-state index contributed by atoms with van der Waals surface area (Å²) in [6.07, 6.45) is 3.70. The number of amides is 1. The third-order valence-electron chi connectivity index (χ3n) is 2.93. The molecule has 0 spiro atoms. The highest BCUT2D eigenvalue weighted by Gasteiger charge is 2.15. The predicted octanol–water partition coefficient (Wildman–Crippen LogP) is 2.65. The van der Waals surface area contributed by atoms with E-state index in [2.05, 4.69) is 10.3 Å². The summed E-state index contributed by atoms with van der Waals surface area (Å²) in [7, 11) is 0. The van der Waals surface area contributed by atoms with E-state index in [1.807, 2.05) is 38.1 Å². The Morgan fingerprint density at radius 1 is 1.35 bits per heavy atom. The molecule has 106 valence electrons. The number of rotatable bonds is 5. The van der Waals surface area contributed by atoms with Crippen LogP contribution in [0.5, 0.6) is 0 Å². The molecular weight excluding hydrogens is 254 g/mol. The van der Waals surface area contributed by atoms with Gasteiger partial charge in [0.15, 0.2) is 12.2 Å². The van der Waals surface area contributed by atoms with Crippen LogP contribution in [-0.4, -0.2) is 16.9 Å². The Balaban J connectivity index is 1.99. The summed E-state index contributed by atoms with van der Waals surface area (Å²) in [5.41, 5.74) is 7.47. The Morgan fingerprint density at radius 2 is 2.05 bits per heavy atom. The van der Waals surface area contributed by atoms with E-state index in [-0.39, 0.29) is 5.91 Å².